The van der Waals surface area contributed by atoms with Gasteiger partial charge in [0, 0.05) is 30.6 Å². The van der Waals surface area contributed by atoms with E-state index >= 15 is 0 Å². The Morgan fingerprint density at radius 2 is 1.40 bits per heavy atom. The molecule has 0 radical (unpaired) electrons. The van der Waals surface area contributed by atoms with E-state index in [1.54, 1.807) is 35.5 Å². The van der Waals surface area contributed by atoms with Crippen molar-refractivity contribution in [3.8, 4) is 28.7 Å². The maximum Gasteiger partial charge on any atom is 0.203 e. The molecule has 5 rings (SSSR count). The second kappa shape index (κ2) is 9.70. The van der Waals surface area contributed by atoms with Crippen molar-refractivity contribution in [2.45, 2.75) is 37.9 Å². The highest BCUT2D eigenvalue weighted by Crippen LogP contribution is 2.55. The number of hydrogen-bond acceptors (Lipinski definition) is 6. The second-order valence-electron chi connectivity index (χ2n) is 9.10. The quantitative estimate of drug-likeness (QED) is 0.449. The summed E-state index contributed by atoms with van der Waals surface area (Å²) in [5, 5.41) is 0. The predicted molar refractivity (Wildman–Crippen MR) is 135 cm³/mol. The first kappa shape index (κ1) is 23.4. The molecule has 0 fully saturated rings. The molecule has 1 aliphatic carbocycles. The fourth-order valence-corrected chi connectivity index (χ4v) is 5.89. The minimum Gasteiger partial charge on any atom is -0.493 e. The highest BCUT2D eigenvalue weighted by atomic mass is 16.5. The van der Waals surface area contributed by atoms with Gasteiger partial charge in [0.25, 0.3) is 0 Å². The first-order valence-electron chi connectivity index (χ1n) is 12.0. The lowest BCUT2D eigenvalue weighted by molar-refractivity contribution is 0.121. The topological polar surface area (TPSA) is 49.4 Å². The van der Waals surface area contributed by atoms with Crippen LogP contribution in [0.25, 0.3) is 0 Å². The number of methoxy groups -OCH3 is 5. The van der Waals surface area contributed by atoms with Gasteiger partial charge in [0.2, 0.25) is 5.75 Å². The summed E-state index contributed by atoms with van der Waals surface area (Å²) < 4.78 is 28.7. The average Bonchev–Trinajstić information content (AvgIpc) is 2.91. The van der Waals surface area contributed by atoms with Gasteiger partial charge in [-0.05, 0) is 53.3 Å². The van der Waals surface area contributed by atoms with Crippen LogP contribution in [0.2, 0.25) is 0 Å². The van der Waals surface area contributed by atoms with Crippen molar-refractivity contribution in [1.29, 1.82) is 0 Å². The largest absolute Gasteiger partial charge is 0.493 e. The van der Waals surface area contributed by atoms with Gasteiger partial charge in [0.05, 0.1) is 35.5 Å². The van der Waals surface area contributed by atoms with Crippen LogP contribution in [0.1, 0.15) is 46.2 Å². The van der Waals surface area contributed by atoms with Crippen molar-refractivity contribution < 1.29 is 23.7 Å². The molecule has 0 saturated carbocycles. The van der Waals surface area contributed by atoms with E-state index in [0.717, 1.165) is 43.2 Å². The van der Waals surface area contributed by atoms with E-state index < -0.39 is 0 Å². The summed E-state index contributed by atoms with van der Waals surface area (Å²) in [7, 11) is 8.44. The van der Waals surface area contributed by atoms with E-state index in [-0.39, 0.29) is 12.0 Å². The Morgan fingerprint density at radius 3 is 2.06 bits per heavy atom. The van der Waals surface area contributed by atoms with Gasteiger partial charge in [0.1, 0.15) is 0 Å². The molecule has 2 aliphatic rings. The number of nitrogens with zero attached hydrogens (tertiary/aromatic N) is 1. The molecule has 0 unspecified atom stereocenters. The zero-order chi connectivity index (χ0) is 24.5. The Morgan fingerprint density at radius 1 is 0.743 bits per heavy atom. The highest BCUT2D eigenvalue weighted by Gasteiger charge is 2.42. The predicted octanol–water partition coefficient (Wildman–Crippen LogP) is 5.52. The maximum atomic E-state index is 5.92. The van der Waals surface area contributed by atoms with E-state index in [4.69, 9.17) is 23.7 Å². The number of aryl methyl sites for hydroxylation is 1. The van der Waals surface area contributed by atoms with Crippen LogP contribution in [0.4, 0.5) is 0 Å². The summed E-state index contributed by atoms with van der Waals surface area (Å²) >= 11 is 0. The van der Waals surface area contributed by atoms with Gasteiger partial charge >= 0.3 is 0 Å². The zero-order valence-corrected chi connectivity index (χ0v) is 21.1. The molecule has 0 aromatic heterocycles. The fraction of sp³-hybridized carbons (Fsp3) is 0.379. The number of benzene rings is 3. The smallest absolute Gasteiger partial charge is 0.203 e. The van der Waals surface area contributed by atoms with Crippen LogP contribution in [0.3, 0.4) is 0 Å². The molecule has 0 N–H and O–H groups in total. The van der Waals surface area contributed by atoms with Crippen molar-refractivity contribution in [2.75, 3.05) is 35.5 Å². The Hall–Kier alpha value is -3.38. The molecule has 184 valence electrons. The first-order valence-corrected chi connectivity index (χ1v) is 12.0. The van der Waals surface area contributed by atoms with Crippen molar-refractivity contribution in [3.05, 3.63) is 76.3 Å². The first-order chi connectivity index (χ1) is 17.1. The molecule has 3 aromatic carbocycles. The fourth-order valence-electron chi connectivity index (χ4n) is 5.89. The molecular weight excluding hydrogens is 442 g/mol. The summed E-state index contributed by atoms with van der Waals surface area (Å²) in [4.78, 5) is 2.56. The van der Waals surface area contributed by atoms with E-state index in [2.05, 4.69) is 53.4 Å². The van der Waals surface area contributed by atoms with E-state index in [1.165, 1.54) is 27.8 Å². The number of hydrogen-bond donors (Lipinski definition) is 0. The third-order valence-corrected chi connectivity index (χ3v) is 7.42. The summed E-state index contributed by atoms with van der Waals surface area (Å²) in [6.45, 7) is 1.56. The molecule has 1 aliphatic heterocycles. The molecule has 1 heterocycles. The number of rotatable bonds is 7. The Kier molecular flexibility index (Phi) is 6.48. The standard InChI is InChI=1S/C29H33NO5/c1-31-24-13-19-11-12-20-22-15-26(33-3)29(35-5)28(34-4)23(22)17-30(16-18-9-7-6-8-10-18)27(20)21(19)14-25(24)32-2/h6-10,13-15,20,27H,11-12,16-17H2,1-5H3/t20-,27+/m0/s1. The van der Waals surface area contributed by atoms with Gasteiger partial charge < -0.3 is 23.7 Å². The molecule has 0 saturated heterocycles. The van der Waals surface area contributed by atoms with Crippen LogP contribution in [0.5, 0.6) is 28.7 Å². The van der Waals surface area contributed by atoms with E-state index in [1.807, 2.05) is 0 Å². The monoisotopic (exact) mass is 475 g/mol. The van der Waals surface area contributed by atoms with Crippen LogP contribution in [0.15, 0.2) is 48.5 Å². The van der Waals surface area contributed by atoms with Crippen molar-refractivity contribution in [2.24, 2.45) is 0 Å². The van der Waals surface area contributed by atoms with Gasteiger partial charge in [-0.15, -0.1) is 0 Å². The summed E-state index contributed by atoms with van der Waals surface area (Å²) in [6.07, 6.45) is 1.98. The molecule has 3 aromatic rings. The highest BCUT2D eigenvalue weighted by molar-refractivity contribution is 5.62. The Bertz CT molecular complexity index is 1210. The van der Waals surface area contributed by atoms with Crippen LogP contribution < -0.4 is 23.7 Å². The Labute approximate surface area is 207 Å². The van der Waals surface area contributed by atoms with Gasteiger partial charge in [-0.2, -0.15) is 0 Å². The summed E-state index contributed by atoms with van der Waals surface area (Å²) in [6, 6.07) is 17.3. The number of fused-ring (bicyclic) bond motifs is 5. The van der Waals surface area contributed by atoms with Gasteiger partial charge in [-0.25, -0.2) is 0 Å². The molecule has 35 heavy (non-hydrogen) atoms. The molecule has 2 atom stereocenters. The second-order valence-corrected chi connectivity index (χ2v) is 9.10. The summed E-state index contributed by atoms with van der Waals surface area (Å²) in [5.41, 5.74) is 6.34. The van der Waals surface area contributed by atoms with Crippen LogP contribution in [-0.2, 0) is 19.5 Å². The van der Waals surface area contributed by atoms with Crippen LogP contribution >= 0.6 is 0 Å². The molecular formula is C29H33NO5. The van der Waals surface area contributed by atoms with E-state index in [0.29, 0.717) is 11.5 Å². The molecule has 0 bridgehead atoms. The minimum atomic E-state index is 0.189. The van der Waals surface area contributed by atoms with Crippen LogP contribution in [0, 0.1) is 0 Å². The third kappa shape index (κ3) is 3.96. The van der Waals surface area contributed by atoms with Crippen molar-refractivity contribution >= 4 is 0 Å². The summed E-state index contributed by atoms with van der Waals surface area (Å²) in [5.74, 6) is 3.94. The lowest BCUT2D eigenvalue weighted by atomic mass is 9.71. The SMILES string of the molecule is COc1cc2c(cc1OC)[C@H]1[C@@H](CC2)c2cc(OC)c(OC)c(OC)c2CN1Cc1ccccc1. The van der Waals surface area contributed by atoms with Crippen LogP contribution in [-0.4, -0.2) is 40.4 Å². The zero-order valence-electron chi connectivity index (χ0n) is 21.1. The van der Waals surface area contributed by atoms with Gasteiger partial charge in [-0.1, -0.05) is 30.3 Å². The molecule has 0 amide bonds. The Balaban J connectivity index is 1.70. The van der Waals surface area contributed by atoms with Crippen molar-refractivity contribution in [1.82, 2.24) is 4.90 Å². The molecule has 0 spiro atoms. The normalized spacial score (nSPS) is 18.7. The maximum absolute atomic E-state index is 5.92. The average molecular weight is 476 g/mol. The number of ether oxygens (including phenoxy) is 5. The van der Waals surface area contributed by atoms with E-state index in [9.17, 15) is 0 Å². The lowest BCUT2D eigenvalue weighted by Crippen LogP contribution is -2.39. The molecule has 6 heteroatoms. The van der Waals surface area contributed by atoms with Gasteiger partial charge in [0.15, 0.2) is 23.0 Å². The van der Waals surface area contributed by atoms with Crippen molar-refractivity contribution in [3.63, 3.8) is 0 Å². The lowest BCUT2D eigenvalue weighted by Gasteiger charge is -2.46. The third-order valence-electron chi connectivity index (χ3n) is 7.42. The minimum absolute atomic E-state index is 0.189. The van der Waals surface area contributed by atoms with Gasteiger partial charge in [-0.3, -0.25) is 4.90 Å². The molecule has 6 nitrogen and oxygen atoms in total.